The monoisotopic (exact) mass is 295 g/mol. The molecule has 3 aliphatic heterocycles. The van der Waals surface area contributed by atoms with Crippen LogP contribution in [-0.2, 0) is 23.9 Å². The molecule has 0 radical (unpaired) electrons. The Balaban J connectivity index is 1.53. The Kier molecular flexibility index (Phi) is 3.11. The molecule has 3 fully saturated rings. The number of hydrogen-bond acceptors (Lipinski definition) is 6. The first-order valence-corrected chi connectivity index (χ1v) is 6.57. The van der Waals surface area contributed by atoms with Crippen LogP contribution in [0.5, 0.6) is 0 Å². The molecule has 0 bridgehead atoms. The number of nitrogens with zero attached hydrogens (tertiary/aromatic N) is 3. The minimum absolute atomic E-state index is 0.142. The maximum Gasteiger partial charge on any atom is 0.417 e. The van der Waals surface area contributed by atoms with E-state index in [1.807, 2.05) is 0 Å². The lowest BCUT2D eigenvalue weighted by molar-refractivity contribution is -0.149. The lowest BCUT2D eigenvalue weighted by atomic mass is 10.1. The summed E-state index contributed by atoms with van der Waals surface area (Å²) in [7, 11) is 0. The van der Waals surface area contributed by atoms with Gasteiger partial charge < -0.3 is 9.64 Å². The standard InChI is InChI=1S/C12H13N3O6/c16-8-1-2-9(17)14(8)5-10(18)13-3-7(4-13)15-11(19)6-21-12(15)20/h7H,1-6H2. The van der Waals surface area contributed by atoms with E-state index < -0.39 is 12.0 Å². The molecule has 9 heteroatoms. The summed E-state index contributed by atoms with van der Waals surface area (Å²) in [4.78, 5) is 61.0. The van der Waals surface area contributed by atoms with E-state index in [0.717, 1.165) is 9.80 Å². The highest BCUT2D eigenvalue weighted by molar-refractivity contribution is 6.04. The van der Waals surface area contributed by atoms with Gasteiger partial charge >= 0.3 is 6.09 Å². The molecule has 9 nitrogen and oxygen atoms in total. The van der Waals surface area contributed by atoms with Crippen molar-refractivity contribution in [1.29, 1.82) is 0 Å². The minimum Gasteiger partial charge on any atom is -0.439 e. The van der Waals surface area contributed by atoms with Crippen molar-refractivity contribution in [3.8, 4) is 0 Å². The van der Waals surface area contributed by atoms with E-state index in [9.17, 15) is 24.0 Å². The summed E-state index contributed by atoms with van der Waals surface area (Å²) in [6.07, 6.45) is -0.409. The van der Waals surface area contributed by atoms with Crippen LogP contribution in [0.3, 0.4) is 0 Å². The van der Waals surface area contributed by atoms with E-state index in [-0.39, 0.29) is 62.8 Å². The van der Waals surface area contributed by atoms with E-state index >= 15 is 0 Å². The Morgan fingerprint density at radius 3 is 2.19 bits per heavy atom. The Morgan fingerprint density at radius 1 is 1.05 bits per heavy atom. The first kappa shape index (κ1) is 13.5. The van der Waals surface area contributed by atoms with Crippen LogP contribution in [0.4, 0.5) is 4.79 Å². The Labute approximate surface area is 119 Å². The highest BCUT2D eigenvalue weighted by Crippen LogP contribution is 2.20. The molecule has 0 aromatic heterocycles. The van der Waals surface area contributed by atoms with Crippen LogP contribution in [0.2, 0.25) is 0 Å². The zero-order valence-corrected chi connectivity index (χ0v) is 11.1. The number of carbonyl (C=O) groups is 5. The van der Waals surface area contributed by atoms with Crippen LogP contribution >= 0.6 is 0 Å². The molecule has 3 aliphatic rings. The zero-order chi connectivity index (χ0) is 15.1. The normalized spacial score (nSPS) is 23.0. The molecule has 0 spiro atoms. The Morgan fingerprint density at radius 2 is 1.67 bits per heavy atom. The van der Waals surface area contributed by atoms with E-state index in [1.54, 1.807) is 0 Å². The van der Waals surface area contributed by atoms with Crippen LogP contribution < -0.4 is 0 Å². The van der Waals surface area contributed by atoms with Crippen LogP contribution in [0, 0.1) is 0 Å². The molecule has 0 N–H and O–H groups in total. The van der Waals surface area contributed by atoms with E-state index in [0.29, 0.717) is 0 Å². The maximum absolute atomic E-state index is 12.0. The number of imide groups is 2. The largest absolute Gasteiger partial charge is 0.439 e. The zero-order valence-electron chi connectivity index (χ0n) is 11.1. The summed E-state index contributed by atoms with van der Waals surface area (Å²) < 4.78 is 4.60. The number of carbonyl (C=O) groups excluding carboxylic acids is 5. The molecule has 0 aromatic carbocycles. The number of cyclic esters (lactones) is 1. The van der Waals surface area contributed by atoms with E-state index in [2.05, 4.69) is 4.74 Å². The van der Waals surface area contributed by atoms with Gasteiger partial charge in [0.2, 0.25) is 17.7 Å². The smallest absolute Gasteiger partial charge is 0.417 e. The van der Waals surface area contributed by atoms with Crippen LogP contribution in [0.25, 0.3) is 0 Å². The van der Waals surface area contributed by atoms with Crippen LogP contribution in [0.15, 0.2) is 0 Å². The van der Waals surface area contributed by atoms with Crippen molar-refractivity contribution in [3.05, 3.63) is 0 Å². The molecule has 0 aliphatic carbocycles. The first-order chi connectivity index (χ1) is 9.97. The topological polar surface area (TPSA) is 104 Å². The van der Waals surface area contributed by atoms with Gasteiger partial charge in [0.1, 0.15) is 6.54 Å². The molecular weight excluding hydrogens is 282 g/mol. The molecule has 0 unspecified atom stereocenters. The molecule has 0 atom stereocenters. The van der Waals surface area contributed by atoms with Gasteiger partial charge in [-0.05, 0) is 0 Å². The SMILES string of the molecule is O=C(CN1C(=O)CCC1=O)N1CC(N2C(=O)COC2=O)C1. The molecule has 0 saturated carbocycles. The highest BCUT2D eigenvalue weighted by atomic mass is 16.6. The fourth-order valence-corrected chi connectivity index (χ4v) is 2.57. The van der Waals surface area contributed by atoms with Crippen LogP contribution in [0.1, 0.15) is 12.8 Å². The highest BCUT2D eigenvalue weighted by Gasteiger charge is 2.45. The van der Waals surface area contributed by atoms with Crippen molar-refractivity contribution >= 4 is 29.7 Å². The lowest BCUT2D eigenvalue weighted by Gasteiger charge is -2.42. The van der Waals surface area contributed by atoms with Gasteiger partial charge in [-0.25, -0.2) is 9.69 Å². The third-order valence-electron chi connectivity index (χ3n) is 3.81. The molecule has 0 aromatic rings. The number of likely N-dealkylation sites (tertiary alicyclic amines) is 2. The van der Waals surface area contributed by atoms with E-state index in [1.165, 1.54) is 4.90 Å². The summed E-state index contributed by atoms with van der Waals surface area (Å²) in [6, 6.07) is -0.388. The van der Waals surface area contributed by atoms with Gasteiger partial charge in [-0.2, -0.15) is 0 Å². The van der Waals surface area contributed by atoms with Crippen molar-refractivity contribution in [3.63, 3.8) is 0 Å². The Hall–Kier alpha value is -2.45. The van der Waals surface area contributed by atoms with Crippen molar-refractivity contribution in [1.82, 2.24) is 14.7 Å². The average molecular weight is 295 g/mol. The third-order valence-corrected chi connectivity index (χ3v) is 3.81. The number of amides is 5. The van der Waals surface area contributed by atoms with Gasteiger partial charge in [-0.1, -0.05) is 0 Å². The Bertz CT molecular complexity index is 521. The van der Waals surface area contributed by atoms with Crippen molar-refractivity contribution in [2.75, 3.05) is 26.2 Å². The van der Waals surface area contributed by atoms with Crippen molar-refractivity contribution < 1.29 is 28.7 Å². The van der Waals surface area contributed by atoms with Crippen molar-refractivity contribution in [2.45, 2.75) is 18.9 Å². The third kappa shape index (κ3) is 2.24. The summed E-state index contributed by atoms with van der Waals surface area (Å²) in [5.74, 6) is -1.47. The van der Waals surface area contributed by atoms with Crippen LogP contribution in [-0.4, -0.2) is 76.7 Å². The number of ether oxygens (including phenoxy) is 1. The fraction of sp³-hybridized carbons (Fsp3) is 0.583. The second-order valence-corrected chi connectivity index (χ2v) is 5.14. The summed E-state index contributed by atoms with van der Waals surface area (Å²) in [6.45, 7) is -0.130. The van der Waals surface area contributed by atoms with E-state index in [4.69, 9.17) is 0 Å². The van der Waals surface area contributed by atoms with Gasteiger partial charge in [0.15, 0.2) is 6.61 Å². The fourth-order valence-electron chi connectivity index (χ4n) is 2.57. The predicted molar refractivity (Wildman–Crippen MR) is 64.5 cm³/mol. The van der Waals surface area contributed by atoms with Crippen molar-refractivity contribution in [2.24, 2.45) is 0 Å². The molecule has 5 amide bonds. The molecule has 112 valence electrons. The second-order valence-electron chi connectivity index (χ2n) is 5.14. The second kappa shape index (κ2) is 4.83. The first-order valence-electron chi connectivity index (χ1n) is 6.57. The number of hydrogen-bond donors (Lipinski definition) is 0. The summed E-state index contributed by atoms with van der Waals surface area (Å²) in [5.41, 5.74) is 0. The molecule has 3 rings (SSSR count). The van der Waals surface area contributed by atoms with Gasteiger partial charge in [0.05, 0.1) is 6.04 Å². The number of rotatable bonds is 3. The van der Waals surface area contributed by atoms with Gasteiger partial charge in [-0.3, -0.25) is 24.1 Å². The molecular formula is C12H13N3O6. The van der Waals surface area contributed by atoms with Gasteiger partial charge in [-0.15, -0.1) is 0 Å². The lowest BCUT2D eigenvalue weighted by Crippen LogP contribution is -2.63. The maximum atomic E-state index is 12.0. The van der Waals surface area contributed by atoms with Gasteiger partial charge in [0.25, 0.3) is 5.91 Å². The average Bonchev–Trinajstić information content (AvgIpc) is 2.87. The molecule has 3 saturated heterocycles. The van der Waals surface area contributed by atoms with Gasteiger partial charge in [0, 0.05) is 25.9 Å². The predicted octanol–water partition coefficient (Wildman–Crippen LogP) is -1.67. The molecule has 21 heavy (non-hydrogen) atoms. The summed E-state index contributed by atoms with van der Waals surface area (Å²) in [5, 5.41) is 0. The minimum atomic E-state index is -0.693. The summed E-state index contributed by atoms with van der Waals surface area (Å²) >= 11 is 0. The molecule has 3 heterocycles. The quantitative estimate of drug-likeness (QED) is 0.576.